The lowest BCUT2D eigenvalue weighted by atomic mass is 10.1. The molecule has 21 heavy (non-hydrogen) atoms. The highest BCUT2D eigenvalue weighted by Crippen LogP contribution is 2.17. The van der Waals surface area contributed by atoms with E-state index in [2.05, 4.69) is 27.5 Å². The van der Waals surface area contributed by atoms with Crippen LogP contribution in [0.25, 0.3) is 0 Å². The molecule has 0 saturated heterocycles. The molecule has 0 saturated carbocycles. The van der Waals surface area contributed by atoms with Crippen molar-refractivity contribution in [3.63, 3.8) is 0 Å². The van der Waals surface area contributed by atoms with Crippen LogP contribution in [0.4, 0.5) is 0 Å². The summed E-state index contributed by atoms with van der Waals surface area (Å²) in [4.78, 5) is 8.02. The molecule has 1 atom stereocenters. The zero-order valence-corrected chi connectivity index (χ0v) is 11.5. The van der Waals surface area contributed by atoms with Gasteiger partial charge in [-0.05, 0) is 5.56 Å². The molecule has 3 aromatic rings. The standard InChI is InChI=1S/C15H17N5O/c1-2-4-14(5-3-1)15(10-18-20-9-7-17-12-20)21-13-19-8-6-16-11-19/h1-9,11-12,15,18H,10,13H2. The second-order valence-corrected chi connectivity index (χ2v) is 4.60. The Morgan fingerprint density at radius 1 is 1.05 bits per heavy atom. The number of rotatable bonds is 7. The first-order chi connectivity index (χ1) is 10.4. The molecule has 0 aliphatic rings. The smallest absolute Gasteiger partial charge is 0.124 e. The summed E-state index contributed by atoms with van der Waals surface area (Å²) in [6.45, 7) is 1.11. The molecule has 0 aliphatic heterocycles. The summed E-state index contributed by atoms with van der Waals surface area (Å²) in [6.07, 6.45) is 10.6. The molecule has 2 aromatic heterocycles. The predicted octanol–water partition coefficient (Wildman–Crippen LogP) is 2.04. The molecule has 1 unspecified atom stereocenters. The Bertz CT molecular complexity index is 583. The molecule has 0 spiro atoms. The summed E-state index contributed by atoms with van der Waals surface area (Å²) < 4.78 is 9.71. The maximum absolute atomic E-state index is 6.00. The van der Waals surface area contributed by atoms with Crippen LogP contribution in [0.15, 0.2) is 67.8 Å². The maximum atomic E-state index is 6.00. The highest BCUT2D eigenvalue weighted by Gasteiger charge is 2.11. The van der Waals surface area contributed by atoms with Crippen molar-refractivity contribution in [1.82, 2.24) is 19.2 Å². The van der Waals surface area contributed by atoms with Gasteiger partial charge < -0.3 is 14.7 Å². The normalized spacial score (nSPS) is 12.2. The van der Waals surface area contributed by atoms with Crippen molar-refractivity contribution in [2.24, 2.45) is 0 Å². The zero-order valence-electron chi connectivity index (χ0n) is 11.5. The molecule has 0 amide bonds. The van der Waals surface area contributed by atoms with Crippen molar-refractivity contribution in [1.29, 1.82) is 0 Å². The van der Waals surface area contributed by atoms with E-state index in [1.165, 1.54) is 0 Å². The van der Waals surface area contributed by atoms with E-state index in [0.29, 0.717) is 13.3 Å². The minimum atomic E-state index is -0.0593. The largest absolute Gasteiger partial charge is 0.351 e. The molecular weight excluding hydrogens is 266 g/mol. The van der Waals surface area contributed by atoms with Gasteiger partial charge in [-0.1, -0.05) is 30.3 Å². The summed E-state index contributed by atoms with van der Waals surface area (Å²) in [5.74, 6) is 0. The molecule has 2 heterocycles. The third-order valence-electron chi connectivity index (χ3n) is 3.12. The Morgan fingerprint density at radius 3 is 2.57 bits per heavy atom. The Kier molecular flexibility index (Phi) is 4.28. The van der Waals surface area contributed by atoms with Crippen LogP contribution in [-0.2, 0) is 11.5 Å². The van der Waals surface area contributed by atoms with Crippen molar-refractivity contribution >= 4 is 0 Å². The molecular formula is C15H17N5O. The molecule has 0 aliphatic carbocycles. The summed E-state index contributed by atoms with van der Waals surface area (Å²) >= 11 is 0. The summed E-state index contributed by atoms with van der Waals surface area (Å²) in [5, 5.41) is 0. The maximum Gasteiger partial charge on any atom is 0.124 e. The van der Waals surface area contributed by atoms with E-state index in [9.17, 15) is 0 Å². The quantitative estimate of drug-likeness (QED) is 0.721. The van der Waals surface area contributed by atoms with Crippen LogP contribution in [0.2, 0.25) is 0 Å². The molecule has 0 bridgehead atoms. The molecule has 0 radical (unpaired) electrons. The van der Waals surface area contributed by atoms with E-state index < -0.39 is 0 Å². The number of imidazole rings is 2. The van der Waals surface area contributed by atoms with E-state index in [1.54, 1.807) is 25.0 Å². The Morgan fingerprint density at radius 2 is 1.86 bits per heavy atom. The number of benzene rings is 1. The van der Waals surface area contributed by atoms with Gasteiger partial charge in [-0.25, -0.2) is 9.97 Å². The first-order valence-corrected chi connectivity index (χ1v) is 6.76. The van der Waals surface area contributed by atoms with Gasteiger partial charge in [0.15, 0.2) is 0 Å². The highest BCUT2D eigenvalue weighted by molar-refractivity contribution is 5.18. The predicted molar refractivity (Wildman–Crippen MR) is 78.9 cm³/mol. The minimum absolute atomic E-state index is 0.0593. The lowest BCUT2D eigenvalue weighted by Crippen LogP contribution is -2.22. The monoisotopic (exact) mass is 283 g/mol. The number of nitrogens with zero attached hydrogens (tertiary/aromatic N) is 4. The van der Waals surface area contributed by atoms with Gasteiger partial charge in [0.2, 0.25) is 0 Å². The third-order valence-corrected chi connectivity index (χ3v) is 3.12. The van der Waals surface area contributed by atoms with Crippen LogP contribution in [0.1, 0.15) is 11.7 Å². The Hall–Kier alpha value is -2.60. The van der Waals surface area contributed by atoms with Crippen LogP contribution in [-0.4, -0.2) is 25.8 Å². The average Bonchev–Trinajstić information content (AvgIpc) is 3.21. The van der Waals surface area contributed by atoms with E-state index >= 15 is 0 Å². The van der Waals surface area contributed by atoms with Gasteiger partial charge in [0.1, 0.15) is 19.2 Å². The lowest BCUT2D eigenvalue weighted by Gasteiger charge is -2.20. The van der Waals surface area contributed by atoms with Crippen molar-refractivity contribution in [2.45, 2.75) is 12.8 Å². The second kappa shape index (κ2) is 6.71. The molecule has 6 heteroatoms. The summed E-state index contributed by atoms with van der Waals surface area (Å²) in [7, 11) is 0. The molecule has 3 rings (SSSR count). The van der Waals surface area contributed by atoms with Crippen LogP contribution in [0.5, 0.6) is 0 Å². The SMILES string of the molecule is c1ccc(C(CNn2ccnc2)OCn2ccnc2)cc1. The van der Waals surface area contributed by atoms with Gasteiger partial charge in [0, 0.05) is 24.8 Å². The van der Waals surface area contributed by atoms with Gasteiger partial charge in [0.05, 0.1) is 12.9 Å². The van der Waals surface area contributed by atoms with E-state index in [4.69, 9.17) is 4.74 Å². The van der Waals surface area contributed by atoms with Gasteiger partial charge >= 0.3 is 0 Å². The molecule has 1 aromatic carbocycles. The van der Waals surface area contributed by atoms with E-state index in [0.717, 1.165) is 5.56 Å². The first-order valence-electron chi connectivity index (χ1n) is 6.76. The van der Waals surface area contributed by atoms with Crippen molar-refractivity contribution in [3.05, 3.63) is 73.3 Å². The van der Waals surface area contributed by atoms with E-state index in [-0.39, 0.29) is 6.10 Å². The van der Waals surface area contributed by atoms with Crippen molar-refractivity contribution in [2.75, 3.05) is 12.0 Å². The fraction of sp³-hybridized carbons (Fsp3) is 0.200. The summed E-state index contributed by atoms with van der Waals surface area (Å²) in [6, 6.07) is 10.2. The second-order valence-electron chi connectivity index (χ2n) is 4.60. The van der Waals surface area contributed by atoms with E-state index in [1.807, 2.05) is 39.8 Å². The fourth-order valence-electron chi connectivity index (χ4n) is 2.02. The first kappa shape index (κ1) is 13.4. The van der Waals surface area contributed by atoms with Gasteiger partial charge in [-0.2, -0.15) is 0 Å². The molecule has 108 valence electrons. The molecule has 0 fully saturated rings. The van der Waals surface area contributed by atoms with Crippen LogP contribution in [0.3, 0.4) is 0 Å². The lowest BCUT2D eigenvalue weighted by molar-refractivity contribution is 0.0118. The fourth-order valence-corrected chi connectivity index (χ4v) is 2.02. The molecule has 1 N–H and O–H groups in total. The number of ether oxygens (including phenoxy) is 1. The van der Waals surface area contributed by atoms with Gasteiger partial charge in [0.25, 0.3) is 0 Å². The van der Waals surface area contributed by atoms with Gasteiger partial charge in [-0.3, -0.25) is 4.68 Å². The summed E-state index contributed by atoms with van der Waals surface area (Å²) in [5.41, 5.74) is 4.39. The average molecular weight is 283 g/mol. The van der Waals surface area contributed by atoms with Crippen LogP contribution >= 0.6 is 0 Å². The number of hydrogen-bond acceptors (Lipinski definition) is 4. The highest BCUT2D eigenvalue weighted by atomic mass is 16.5. The van der Waals surface area contributed by atoms with Crippen LogP contribution < -0.4 is 5.43 Å². The zero-order chi connectivity index (χ0) is 14.3. The topological polar surface area (TPSA) is 56.9 Å². The Balaban J connectivity index is 1.65. The minimum Gasteiger partial charge on any atom is -0.351 e. The van der Waals surface area contributed by atoms with Crippen molar-refractivity contribution in [3.8, 4) is 0 Å². The number of aromatic nitrogens is 4. The number of hydrogen-bond donors (Lipinski definition) is 1. The van der Waals surface area contributed by atoms with Crippen LogP contribution in [0, 0.1) is 0 Å². The molecule has 6 nitrogen and oxygen atoms in total. The third kappa shape index (κ3) is 3.70. The number of nitrogens with one attached hydrogen (secondary N) is 1. The Labute approximate surface area is 123 Å². The van der Waals surface area contributed by atoms with Gasteiger partial charge in [-0.15, -0.1) is 0 Å². The van der Waals surface area contributed by atoms with Crippen molar-refractivity contribution < 1.29 is 4.74 Å².